The first-order valence-corrected chi connectivity index (χ1v) is 5.81. The van der Waals surface area contributed by atoms with Crippen molar-refractivity contribution < 1.29 is 22.7 Å². The molecule has 5 nitrogen and oxygen atoms in total. The second-order valence-electron chi connectivity index (χ2n) is 4.83. The van der Waals surface area contributed by atoms with Crippen molar-refractivity contribution in [3.63, 3.8) is 0 Å². The van der Waals surface area contributed by atoms with Crippen LogP contribution in [0.5, 0.6) is 5.88 Å². The predicted molar refractivity (Wildman–Crippen MR) is 67.3 cm³/mol. The van der Waals surface area contributed by atoms with Crippen LogP contribution < -0.4 is 15.8 Å². The zero-order valence-corrected chi connectivity index (χ0v) is 11.1. The van der Waals surface area contributed by atoms with Gasteiger partial charge in [-0.2, -0.15) is 13.2 Å². The third-order valence-corrected chi connectivity index (χ3v) is 2.50. The predicted octanol–water partition coefficient (Wildman–Crippen LogP) is 1.95. The largest absolute Gasteiger partial charge is 0.468 e. The van der Waals surface area contributed by atoms with Gasteiger partial charge in [0.1, 0.15) is 0 Å². The summed E-state index contributed by atoms with van der Waals surface area (Å²) in [6.07, 6.45) is -3.20. The molecule has 0 aliphatic rings. The second-order valence-corrected chi connectivity index (χ2v) is 4.83. The Balaban J connectivity index is 2.61. The van der Waals surface area contributed by atoms with Crippen LogP contribution in [0.15, 0.2) is 18.3 Å². The molecule has 0 radical (unpaired) electrons. The number of nitrogens with two attached hydrogens (primary N) is 1. The normalized spacial score (nSPS) is 12.1. The number of alkyl halides is 3. The summed E-state index contributed by atoms with van der Waals surface area (Å²) < 4.78 is 40.3. The van der Waals surface area contributed by atoms with Crippen molar-refractivity contribution in [2.75, 3.05) is 18.5 Å². The molecular formula is C12H16F3N3O2. The molecule has 0 fully saturated rings. The number of carbonyl (C=O) groups excluding carboxylic acids is 1. The van der Waals surface area contributed by atoms with Crippen LogP contribution in [-0.2, 0) is 4.79 Å². The molecule has 1 aromatic rings. The number of hydrogen-bond acceptors (Lipinski definition) is 4. The first-order chi connectivity index (χ1) is 9.14. The van der Waals surface area contributed by atoms with Crippen LogP contribution in [0.4, 0.5) is 18.9 Å². The number of anilines is 1. The molecule has 0 spiro atoms. The lowest BCUT2D eigenvalue weighted by Gasteiger charge is -2.21. The molecule has 0 aromatic carbocycles. The van der Waals surface area contributed by atoms with Gasteiger partial charge in [0, 0.05) is 12.6 Å². The summed E-state index contributed by atoms with van der Waals surface area (Å²) in [4.78, 5) is 15.5. The number of halogens is 3. The lowest BCUT2D eigenvalue weighted by Crippen LogP contribution is -2.37. The minimum atomic E-state index is -4.42. The molecule has 3 N–H and O–H groups in total. The van der Waals surface area contributed by atoms with E-state index in [0.717, 1.165) is 0 Å². The zero-order chi connectivity index (χ0) is 15.4. The van der Waals surface area contributed by atoms with E-state index in [9.17, 15) is 18.0 Å². The molecule has 1 aromatic heterocycles. The highest BCUT2D eigenvalue weighted by Crippen LogP contribution is 2.20. The van der Waals surface area contributed by atoms with Gasteiger partial charge in [0.05, 0.1) is 17.3 Å². The van der Waals surface area contributed by atoms with E-state index >= 15 is 0 Å². The van der Waals surface area contributed by atoms with Crippen molar-refractivity contribution in [1.29, 1.82) is 0 Å². The fourth-order valence-corrected chi connectivity index (χ4v) is 1.09. The highest BCUT2D eigenvalue weighted by molar-refractivity contribution is 5.94. The van der Waals surface area contributed by atoms with Crippen LogP contribution in [0.2, 0.25) is 0 Å². The van der Waals surface area contributed by atoms with E-state index in [0.29, 0.717) is 5.69 Å². The van der Waals surface area contributed by atoms with Gasteiger partial charge in [0.2, 0.25) is 11.8 Å². The van der Waals surface area contributed by atoms with Crippen LogP contribution in [-0.4, -0.2) is 30.2 Å². The summed E-state index contributed by atoms with van der Waals surface area (Å²) in [7, 11) is 0. The summed E-state index contributed by atoms with van der Waals surface area (Å²) in [6.45, 7) is 2.11. The molecule has 0 aliphatic carbocycles. The molecule has 20 heavy (non-hydrogen) atoms. The van der Waals surface area contributed by atoms with E-state index in [2.05, 4.69) is 15.0 Å². The number of nitrogens with one attached hydrogen (secondary N) is 1. The standard InChI is InChI=1S/C12H16F3N3O2/c1-11(2,6-16)10(19)18-8-3-4-9(17-5-8)20-7-12(13,14)15/h3-5H,6-7,16H2,1-2H3,(H,18,19). The van der Waals surface area contributed by atoms with E-state index < -0.39 is 18.2 Å². The van der Waals surface area contributed by atoms with Crippen molar-refractivity contribution in [2.45, 2.75) is 20.0 Å². The van der Waals surface area contributed by atoms with Crippen molar-refractivity contribution >= 4 is 11.6 Å². The number of carbonyl (C=O) groups is 1. The summed E-state index contributed by atoms with van der Waals surface area (Å²) in [6, 6.07) is 2.65. The average molecular weight is 291 g/mol. The maximum Gasteiger partial charge on any atom is 0.422 e. The maximum atomic E-state index is 11.9. The van der Waals surface area contributed by atoms with Crippen LogP contribution >= 0.6 is 0 Å². The molecule has 1 rings (SSSR count). The molecule has 0 bridgehead atoms. The monoisotopic (exact) mass is 291 g/mol. The minimum Gasteiger partial charge on any atom is -0.468 e. The van der Waals surface area contributed by atoms with Crippen molar-refractivity contribution in [1.82, 2.24) is 4.98 Å². The Morgan fingerprint density at radius 3 is 2.50 bits per heavy atom. The number of aromatic nitrogens is 1. The smallest absolute Gasteiger partial charge is 0.422 e. The summed E-state index contributed by atoms with van der Waals surface area (Å²) in [5, 5.41) is 2.57. The van der Waals surface area contributed by atoms with Crippen molar-refractivity contribution in [3.05, 3.63) is 18.3 Å². The SMILES string of the molecule is CC(C)(CN)C(=O)Nc1ccc(OCC(F)(F)F)nc1. The van der Waals surface area contributed by atoms with Gasteiger partial charge in [-0.1, -0.05) is 0 Å². The Morgan fingerprint density at radius 1 is 1.40 bits per heavy atom. The Labute approximate surface area is 114 Å². The maximum absolute atomic E-state index is 11.9. The Bertz CT molecular complexity index is 458. The summed E-state index contributed by atoms with van der Waals surface area (Å²) in [5.74, 6) is -0.468. The molecule has 0 unspecified atom stereocenters. The molecule has 112 valence electrons. The number of amides is 1. The Morgan fingerprint density at radius 2 is 2.05 bits per heavy atom. The van der Waals surface area contributed by atoms with Crippen LogP contribution in [0.25, 0.3) is 0 Å². The van der Waals surface area contributed by atoms with E-state index in [1.54, 1.807) is 13.8 Å². The number of nitrogens with zero attached hydrogens (tertiary/aromatic N) is 1. The average Bonchev–Trinajstić information content (AvgIpc) is 2.37. The van der Waals surface area contributed by atoms with Crippen LogP contribution in [0.3, 0.4) is 0 Å². The number of rotatable bonds is 5. The summed E-state index contributed by atoms with van der Waals surface area (Å²) >= 11 is 0. The Kier molecular flexibility index (Phi) is 4.93. The van der Waals surface area contributed by atoms with Crippen molar-refractivity contribution in [3.8, 4) is 5.88 Å². The molecule has 8 heteroatoms. The molecule has 0 saturated heterocycles. The van der Waals surface area contributed by atoms with E-state index in [4.69, 9.17) is 5.73 Å². The lowest BCUT2D eigenvalue weighted by atomic mass is 9.93. The first-order valence-electron chi connectivity index (χ1n) is 5.81. The molecule has 1 amide bonds. The quantitative estimate of drug-likeness (QED) is 0.869. The zero-order valence-electron chi connectivity index (χ0n) is 11.1. The lowest BCUT2D eigenvalue weighted by molar-refractivity contribution is -0.154. The third kappa shape index (κ3) is 5.04. The second kappa shape index (κ2) is 6.08. The minimum absolute atomic E-state index is 0.166. The molecular weight excluding hydrogens is 275 g/mol. The highest BCUT2D eigenvalue weighted by atomic mass is 19.4. The van der Waals surface area contributed by atoms with Gasteiger partial charge in [0.15, 0.2) is 6.61 Å². The van der Waals surface area contributed by atoms with Gasteiger partial charge >= 0.3 is 6.18 Å². The fourth-order valence-electron chi connectivity index (χ4n) is 1.09. The number of pyridine rings is 1. The number of ether oxygens (including phenoxy) is 1. The molecule has 0 atom stereocenters. The van der Waals surface area contributed by atoms with Gasteiger partial charge in [-0.3, -0.25) is 4.79 Å². The fraction of sp³-hybridized carbons (Fsp3) is 0.500. The molecule has 0 aliphatic heterocycles. The first kappa shape index (κ1) is 16.2. The van der Waals surface area contributed by atoms with Gasteiger partial charge in [-0.05, 0) is 19.9 Å². The van der Waals surface area contributed by atoms with Crippen LogP contribution in [0.1, 0.15) is 13.8 Å². The van der Waals surface area contributed by atoms with Crippen molar-refractivity contribution in [2.24, 2.45) is 11.1 Å². The Hall–Kier alpha value is -1.83. The van der Waals surface area contributed by atoms with E-state index in [-0.39, 0.29) is 18.3 Å². The highest BCUT2D eigenvalue weighted by Gasteiger charge is 2.29. The van der Waals surface area contributed by atoms with Gasteiger partial charge < -0.3 is 15.8 Å². The van der Waals surface area contributed by atoms with E-state index in [1.807, 2.05) is 0 Å². The summed E-state index contributed by atoms with van der Waals surface area (Å²) in [5.41, 5.74) is 5.07. The third-order valence-electron chi connectivity index (χ3n) is 2.50. The topological polar surface area (TPSA) is 77.2 Å². The molecule has 1 heterocycles. The van der Waals surface area contributed by atoms with E-state index in [1.165, 1.54) is 18.3 Å². The molecule has 0 saturated carbocycles. The van der Waals surface area contributed by atoms with Gasteiger partial charge in [0.25, 0.3) is 0 Å². The van der Waals surface area contributed by atoms with Gasteiger partial charge in [-0.25, -0.2) is 4.98 Å². The number of hydrogen-bond donors (Lipinski definition) is 2. The van der Waals surface area contributed by atoms with Gasteiger partial charge in [-0.15, -0.1) is 0 Å². The van der Waals surface area contributed by atoms with Crippen LogP contribution in [0, 0.1) is 5.41 Å².